The summed E-state index contributed by atoms with van der Waals surface area (Å²) in [4.78, 5) is 0. The first kappa shape index (κ1) is 13.7. The quantitative estimate of drug-likeness (QED) is 0.926. The van der Waals surface area contributed by atoms with Crippen LogP contribution in [0.25, 0.3) is 0 Å². The van der Waals surface area contributed by atoms with Gasteiger partial charge < -0.3 is 9.88 Å². The van der Waals surface area contributed by atoms with E-state index < -0.39 is 0 Å². The molecular formula is C16H16N4. The minimum Gasteiger partial charge on any atom is -0.381 e. The molecule has 2 rings (SSSR count). The van der Waals surface area contributed by atoms with Gasteiger partial charge in [0.25, 0.3) is 0 Å². The van der Waals surface area contributed by atoms with Crippen LogP contribution in [-0.2, 0) is 13.6 Å². The molecule has 1 heterocycles. The Hall–Kier alpha value is -2.72. The zero-order valence-corrected chi connectivity index (χ0v) is 11.9. The van der Waals surface area contributed by atoms with Gasteiger partial charge in [0, 0.05) is 25.0 Å². The highest BCUT2D eigenvalue weighted by Gasteiger charge is 2.09. The minimum absolute atomic E-state index is 0.636. The van der Waals surface area contributed by atoms with E-state index in [-0.39, 0.29) is 0 Å². The third-order valence-electron chi connectivity index (χ3n) is 3.59. The number of rotatable bonds is 3. The number of aromatic nitrogens is 1. The van der Waals surface area contributed by atoms with Crippen LogP contribution in [0.15, 0.2) is 24.3 Å². The largest absolute Gasteiger partial charge is 0.381 e. The Morgan fingerprint density at radius 3 is 2.50 bits per heavy atom. The summed E-state index contributed by atoms with van der Waals surface area (Å²) in [6, 6.07) is 11.8. The fourth-order valence-corrected chi connectivity index (χ4v) is 2.12. The van der Waals surface area contributed by atoms with Gasteiger partial charge in [0.05, 0.1) is 11.6 Å². The van der Waals surface area contributed by atoms with E-state index in [1.165, 1.54) is 0 Å². The van der Waals surface area contributed by atoms with E-state index in [2.05, 4.69) is 17.5 Å². The number of benzene rings is 1. The van der Waals surface area contributed by atoms with Crippen LogP contribution in [0.4, 0.5) is 5.69 Å². The maximum absolute atomic E-state index is 9.03. The number of nitrogens with zero attached hydrogens (tertiary/aromatic N) is 3. The van der Waals surface area contributed by atoms with E-state index in [1.54, 1.807) is 0 Å². The van der Waals surface area contributed by atoms with Crippen molar-refractivity contribution in [3.63, 3.8) is 0 Å². The van der Waals surface area contributed by atoms with Crippen LogP contribution in [0.2, 0.25) is 0 Å². The molecule has 1 aromatic carbocycles. The molecule has 0 aliphatic carbocycles. The number of anilines is 1. The average Bonchev–Trinajstić information content (AvgIpc) is 2.74. The van der Waals surface area contributed by atoms with Crippen molar-refractivity contribution in [3.8, 4) is 12.1 Å². The fourth-order valence-electron chi connectivity index (χ4n) is 2.12. The lowest BCUT2D eigenvalue weighted by Gasteiger charge is -2.10. The number of hydrogen-bond donors (Lipinski definition) is 1. The summed E-state index contributed by atoms with van der Waals surface area (Å²) in [7, 11) is 1.89. The molecule has 0 fully saturated rings. The topological polar surface area (TPSA) is 64.5 Å². The second-order valence-corrected chi connectivity index (χ2v) is 4.81. The molecule has 4 heteroatoms. The third-order valence-corrected chi connectivity index (χ3v) is 3.59. The summed E-state index contributed by atoms with van der Waals surface area (Å²) in [5, 5.41) is 21.3. The lowest BCUT2D eigenvalue weighted by molar-refractivity contribution is 0.856. The van der Waals surface area contributed by atoms with Crippen LogP contribution < -0.4 is 5.32 Å². The zero-order valence-electron chi connectivity index (χ0n) is 11.9. The SMILES string of the molecule is Cc1ccc(C#N)cc1NCc1cc(C#N)n(C)c1C. The second-order valence-electron chi connectivity index (χ2n) is 4.81. The minimum atomic E-state index is 0.636. The highest BCUT2D eigenvalue weighted by atomic mass is 15.0. The van der Waals surface area contributed by atoms with Crippen LogP contribution >= 0.6 is 0 Å². The van der Waals surface area contributed by atoms with Crippen molar-refractivity contribution in [2.45, 2.75) is 20.4 Å². The summed E-state index contributed by atoms with van der Waals surface area (Å²) in [5.74, 6) is 0. The number of hydrogen-bond acceptors (Lipinski definition) is 3. The molecule has 0 aliphatic heterocycles. The van der Waals surface area contributed by atoms with E-state index in [0.717, 1.165) is 22.5 Å². The van der Waals surface area contributed by atoms with Gasteiger partial charge in [-0.05, 0) is 43.2 Å². The first-order valence-corrected chi connectivity index (χ1v) is 6.36. The van der Waals surface area contributed by atoms with Gasteiger partial charge >= 0.3 is 0 Å². The van der Waals surface area contributed by atoms with Crippen molar-refractivity contribution in [1.82, 2.24) is 4.57 Å². The molecule has 0 atom stereocenters. The molecule has 2 aromatic rings. The van der Waals surface area contributed by atoms with Crippen LogP contribution in [0.5, 0.6) is 0 Å². The van der Waals surface area contributed by atoms with Crippen LogP contribution in [0, 0.1) is 36.5 Å². The summed E-state index contributed by atoms with van der Waals surface area (Å²) >= 11 is 0. The maximum Gasteiger partial charge on any atom is 0.120 e. The van der Waals surface area contributed by atoms with Crippen molar-refractivity contribution in [2.75, 3.05) is 5.32 Å². The molecule has 0 bridgehead atoms. The molecule has 0 amide bonds. The summed E-state index contributed by atoms with van der Waals surface area (Å²) < 4.78 is 1.88. The molecule has 0 saturated heterocycles. The Morgan fingerprint density at radius 2 is 1.90 bits per heavy atom. The van der Waals surface area contributed by atoms with Crippen molar-refractivity contribution in [3.05, 3.63) is 52.3 Å². The van der Waals surface area contributed by atoms with Crippen molar-refractivity contribution >= 4 is 5.69 Å². The Labute approximate surface area is 118 Å². The molecule has 0 spiro atoms. The third kappa shape index (κ3) is 2.50. The number of nitrogens with one attached hydrogen (secondary N) is 1. The summed E-state index contributed by atoms with van der Waals surface area (Å²) in [5.41, 5.74) is 5.50. The zero-order chi connectivity index (χ0) is 14.7. The fraction of sp³-hybridized carbons (Fsp3) is 0.250. The van der Waals surface area contributed by atoms with Gasteiger partial charge in [-0.15, -0.1) is 0 Å². The maximum atomic E-state index is 9.03. The van der Waals surface area contributed by atoms with Gasteiger partial charge in [-0.3, -0.25) is 0 Å². The molecule has 1 N–H and O–H groups in total. The van der Waals surface area contributed by atoms with Gasteiger partial charge in [0.1, 0.15) is 11.8 Å². The van der Waals surface area contributed by atoms with Crippen molar-refractivity contribution in [1.29, 1.82) is 10.5 Å². The monoisotopic (exact) mass is 264 g/mol. The molecule has 0 unspecified atom stereocenters. The van der Waals surface area contributed by atoms with E-state index in [1.807, 2.05) is 49.7 Å². The highest BCUT2D eigenvalue weighted by Crippen LogP contribution is 2.19. The molecular weight excluding hydrogens is 248 g/mol. The predicted molar refractivity (Wildman–Crippen MR) is 78.1 cm³/mol. The standard InChI is InChI=1S/C16H16N4/c1-11-4-5-13(8-17)6-16(11)19-10-14-7-15(9-18)20(3)12(14)2/h4-7,19H,10H2,1-3H3. The van der Waals surface area contributed by atoms with E-state index in [0.29, 0.717) is 17.8 Å². The first-order chi connectivity index (χ1) is 9.56. The predicted octanol–water partition coefficient (Wildman–Crippen LogP) is 3.00. The lowest BCUT2D eigenvalue weighted by Crippen LogP contribution is -2.03. The number of aryl methyl sites for hydroxylation is 1. The molecule has 20 heavy (non-hydrogen) atoms. The van der Waals surface area contributed by atoms with E-state index in [4.69, 9.17) is 10.5 Å². The summed E-state index contributed by atoms with van der Waals surface area (Å²) in [6.07, 6.45) is 0. The molecule has 0 aliphatic rings. The summed E-state index contributed by atoms with van der Waals surface area (Å²) in [6.45, 7) is 4.63. The van der Waals surface area contributed by atoms with E-state index >= 15 is 0 Å². The molecule has 100 valence electrons. The van der Waals surface area contributed by atoms with Crippen LogP contribution in [-0.4, -0.2) is 4.57 Å². The van der Waals surface area contributed by atoms with Gasteiger partial charge in [-0.1, -0.05) is 6.07 Å². The Kier molecular flexibility index (Phi) is 3.77. The van der Waals surface area contributed by atoms with Crippen LogP contribution in [0.3, 0.4) is 0 Å². The molecule has 0 radical (unpaired) electrons. The Bertz CT molecular complexity index is 726. The van der Waals surface area contributed by atoms with Gasteiger partial charge in [0.2, 0.25) is 0 Å². The Morgan fingerprint density at radius 1 is 1.15 bits per heavy atom. The number of nitriles is 2. The normalized spacial score (nSPS) is 9.85. The second kappa shape index (κ2) is 5.50. The van der Waals surface area contributed by atoms with Gasteiger partial charge in [-0.2, -0.15) is 10.5 Å². The molecule has 0 saturated carbocycles. The average molecular weight is 264 g/mol. The van der Waals surface area contributed by atoms with E-state index in [9.17, 15) is 0 Å². The lowest BCUT2D eigenvalue weighted by atomic mass is 10.1. The smallest absolute Gasteiger partial charge is 0.120 e. The van der Waals surface area contributed by atoms with Crippen molar-refractivity contribution in [2.24, 2.45) is 7.05 Å². The highest BCUT2D eigenvalue weighted by molar-refractivity contribution is 5.55. The molecule has 4 nitrogen and oxygen atoms in total. The van der Waals surface area contributed by atoms with Crippen LogP contribution in [0.1, 0.15) is 28.1 Å². The van der Waals surface area contributed by atoms with Crippen molar-refractivity contribution < 1.29 is 0 Å². The van der Waals surface area contributed by atoms with Gasteiger partial charge in [-0.25, -0.2) is 0 Å². The molecule has 1 aromatic heterocycles. The van der Waals surface area contributed by atoms with Gasteiger partial charge in [0.15, 0.2) is 0 Å². The first-order valence-electron chi connectivity index (χ1n) is 6.36. The Balaban J connectivity index is 2.22.